The van der Waals surface area contributed by atoms with Crippen LogP contribution in [0, 0.1) is 6.92 Å². The van der Waals surface area contributed by atoms with Crippen molar-refractivity contribution in [2.75, 3.05) is 20.2 Å². The van der Waals surface area contributed by atoms with Gasteiger partial charge in [0.1, 0.15) is 17.1 Å². The molecular weight excluding hydrogens is 374 g/mol. The molecule has 1 aliphatic heterocycles. The van der Waals surface area contributed by atoms with E-state index in [1.807, 2.05) is 6.92 Å². The van der Waals surface area contributed by atoms with Crippen molar-refractivity contribution >= 4 is 26.3 Å². The first-order valence-corrected chi connectivity index (χ1v) is 10.6. The molecule has 8 nitrogen and oxygen atoms in total. The van der Waals surface area contributed by atoms with Gasteiger partial charge in [0.15, 0.2) is 0 Å². The number of aryl methyl sites for hydroxylation is 1. The average molecular weight is 393 g/mol. The van der Waals surface area contributed by atoms with Crippen LogP contribution in [0.3, 0.4) is 0 Å². The van der Waals surface area contributed by atoms with Gasteiger partial charge in [-0.05, 0) is 43.5 Å². The zero-order valence-corrected chi connectivity index (χ0v) is 16.1. The summed E-state index contributed by atoms with van der Waals surface area (Å²) in [6, 6.07) is 4.98. The molecule has 0 unspecified atom stereocenters. The standard InChI is InChI=1S/C16H19N5O3S2/c1-11-9-13(3-4-14(11)24-2)26(22,23)20-7-5-12(6-8-20)15-19-21-10-17-18-16(21)25-15/h3-4,9-10,12H,5-8H2,1-2H3. The number of nitrogens with zero attached hydrogens (tertiary/aromatic N) is 5. The smallest absolute Gasteiger partial charge is 0.243 e. The first-order valence-electron chi connectivity index (χ1n) is 8.30. The van der Waals surface area contributed by atoms with Crippen LogP contribution >= 0.6 is 11.3 Å². The molecule has 0 bridgehead atoms. The van der Waals surface area contributed by atoms with Gasteiger partial charge in [-0.25, -0.2) is 8.42 Å². The second-order valence-corrected chi connectivity index (χ2v) is 9.23. The van der Waals surface area contributed by atoms with Crippen LogP contribution in [0.25, 0.3) is 4.96 Å². The van der Waals surface area contributed by atoms with Gasteiger partial charge in [-0.3, -0.25) is 0 Å². The monoisotopic (exact) mass is 393 g/mol. The summed E-state index contributed by atoms with van der Waals surface area (Å²) in [7, 11) is -1.92. The van der Waals surface area contributed by atoms with E-state index in [1.54, 1.807) is 40.5 Å². The van der Waals surface area contributed by atoms with Crippen molar-refractivity contribution in [1.29, 1.82) is 0 Å². The minimum absolute atomic E-state index is 0.255. The maximum atomic E-state index is 12.9. The topological polar surface area (TPSA) is 89.7 Å². The maximum Gasteiger partial charge on any atom is 0.243 e. The third-order valence-electron chi connectivity index (χ3n) is 4.71. The van der Waals surface area contributed by atoms with Gasteiger partial charge >= 0.3 is 0 Å². The molecule has 10 heteroatoms. The van der Waals surface area contributed by atoms with Crippen LogP contribution in [0.2, 0.25) is 0 Å². The Hall–Kier alpha value is -2.04. The summed E-state index contributed by atoms with van der Waals surface area (Å²) < 4.78 is 34.3. The third-order valence-corrected chi connectivity index (χ3v) is 7.68. The van der Waals surface area contributed by atoms with E-state index in [0.29, 0.717) is 23.7 Å². The van der Waals surface area contributed by atoms with Crippen molar-refractivity contribution in [3.63, 3.8) is 0 Å². The van der Waals surface area contributed by atoms with E-state index in [9.17, 15) is 8.42 Å². The number of benzene rings is 1. The lowest BCUT2D eigenvalue weighted by Gasteiger charge is -2.30. The fraction of sp³-hybridized carbons (Fsp3) is 0.438. The summed E-state index contributed by atoms with van der Waals surface area (Å²) in [6.45, 7) is 2.81. The molecule has 0 N–H and O–H groups in total. The number of hydrogen-bond donors (Lipinski definition) is 0. The second-order valence-electron chi connectivity index (χ2n) is 6.31. The molecule has 2 aromatic heterocycles. The average Bonchev–Trinajstić information content (AvgIpc) is 3.23. The van der Waals surface area contributed by atoms with Gasteiger partial charge in [-0.1, -0.05) is 11.3 Å². The van der Waals surface area contributed by atoms with Crippen LogP contribution in [0.1, 0.15) is 29.3 Å². The normalized spacial score (nSPS) is 17.0. The fourth-order valence-corrected chi connectivity index (χ4v) is 5.79. The van der Waals surface area contributed by atoms with Crippen LogP contribution in [0.15, 0.2) is 29.4 Å². The first kappa shape index (κ1) is 17.4. The molecule has 0 atom stereocenters. The molecule has 0 radical (unpaired) electrons. The van der Waals surface area contributed by atoms with Crippen molar-refractivity contribution in [3.8, 4) is 5.75 Å². The summed E-state index contributed by atoms with van der Waals surface area (Å²) in [5.74, 6) is 0.941. The summed E-state index contributed by atoms with van der Waals surface area (Å²) in [5, 5.41) is 13.3. The van der Waals surface area contributed by atoms with E-state index in [0.717, 1.165) is 28.4 Å². The first-order chi connectivity index (χ1) is 12.5. The molecular formula is C16H19N5O3S2. The number of aromatic nitrogens is 4. The largest absolute Gasteiger partial charge is 0.496 e. The Morgan fingerprint density at radius 1 is 1.27 bits per heavy atom. The minimum atomic E-state index is -3.50. The molecule has 1 saturated heterocycles. The molecule has 138 valence electrons. The molecule has 4 rings (SSSR count). The van der Waals surface area contributed by atoms with Gasteiger partial charge in [0.25, 0.3) is 0 Å². The Balaban J connectivity index is 1.49. The molecule has 1 aromatic carbocycles. The predicted molar refractivity (Wildman–Crippen MR) is 97.1 cm³/mol. The molecule has 3 heterocycles. The highest BCUT2D eigenvalue weighted by Gasteiger charge is 2.31. The van der Waals surface area contributed by atoms with E-state index in [-0.39, 0.29) is 5.92 Å². The van der Waals surface area contributed by atoms with Gasteiger partial charge in [-0.15, -0.1) is 10.2 Å². The Morgan fingerprint density at radius 2 is 2.04 bits per heavy atom. The van der Waals surface area contributed by atoms with Crippen molar-refractivity contribution in [3.05, 3.63) is 35.1 Å². The van der Waals surface area contributed by atoms with E-state index in [1.165, 1.54) is 11.3 Å². The van der Waals surface area contributed by atoms with Crippen LogP contribution < -0.4 is 4.74 Å². The number of sulfonamides is 1. The highest BCUT2D eigenvalue weighted by molar-refractivity contribution is 7.89. The second kappa shape index (κ2) is 6.60. The number of ether oxygens (including phenoxy) is 1. The van der Waals surface area contributed by atoms with Crippen molar-refractivity contribution in [2.24, 2.45) is 0 Å². The van der Waals surface area contributed by atoms with Crippen LogP contribution in [-0.4, -0.2) is 52.7 Å². The lowest BCUT2D eigenvalue weighted by molar-refractivity contribution is 0.318. The molecule has 26 heavy (non-hydrogen) atoms. The summed E-state index contributed by atoms with van der Waals surface area (Å²) in [4.78, 5) is 1.08. The van der Waals surface area contributed by atoms with Gasteiger partial charge in [-0.2, -0.15) is 13.9 Å². The number of methoxy groups -OCH3 is 1. The van der Waals surface area contributed by atoms with Crippen LogP contribution in [0.5, 0.6) is 5.75 Å². The molecule has 0 saturated carbocycles. The minimum Gasteiger partial charge on any atom is -0.496 e. The molecule has 1 aliphatic rings. The Labute approximate surface area is 155 Å². The van der Waals surface area contributed by atoms with Crippen molar-refractivity contribution in [1.82, 2.24) is 24.1 Å². The van der Waals surface area contributed by atoms with E-state index >= 15 is 0 Å². The lowest BCUT2D eigenvalue weighted by Crippen LogP contribution is -2.37. The van der Waals surface area contributed by atoms with Gasteiger partial charge in [0, 0.05) is 19.0 Å². The van der Waals surface area contributed by atoms with E-state index < -0.39 is 10.0 Å². The zero-order valence-electron chi connectivity index (χ0n) is 14.5. The Morgan fingerprint density at radius 3 is 2.69 bits per heavy atom. The maximum absolute atomic E-state index is 12.9. The van der Waals surface area contributed by atoms with Crippen molar-refractivity contribution in [2.45, 2.75) is 30.6 Å². The lowest BCUT2D eigenvalue weighted by atomic mass is 9.99. The highest BCUT2D eigenvalue weighted by Crippen LogP contribution is 2.33. The Bertz CT molecular complexity index is 1010. The molecule has 3 aromatic rings. The van der Waals surface area contributed by atoms with Crippen molar-refractivity contribution < 1.29 is 13.2 Å². The number of hydrogen-bond acceptors (Lipinski definition) is 7. The number of fused-ring (bicyclic) bond motifs is 1. The van der Waals surface area contributed by atoms with Crippen LogP contribution in [-0.2, 0) is 10.0 Å². The Kier molecular flexibility index (Phi) is 4.41. The summed E-state index contributed by atoms with van der Waals surface area (Å²) >= 11 is 1.52. The highest BCUT2D eigenvalue weighted by atomic mass is 32.2. The van der Waals surface area contributed by atoms with E-state index in [2.05, 4.69) is 15.3 Å². The summed E-state index contributed by atoms with van der Waals surface area (Å²) in [5.41, 5.74) is 0.809. The third kappa shape index (κ3) is 2.97. The molecule has 0 aliphatic carbocycles. The fourth-order valence-electron chi connectivity index (χ4n) is 3.24. The van der Waals surface area contributed by atoms with E-state index in [4.69, 9.17) is 4.74 Å². The zero-order chi connectivity index (χ0) is 18.3. The quantitative estimate of drug-likeness (QED) is 0.674. The molecule has 0 spiro atoms. The molecule has 0 amide bonds. The van der Waals surface area contributed by atoms with Gasteiger partial charge in [0.05, 0.1) is 12.0 Å². The predicted octanol–water partition coefficient (Wildman–Crippen LogP) is 2.07. The van der Waals surface area contributed by atoms with Gasteiger partial charge < -0.3 is 4.74 Å². The SMILES string of the molecule is COc1ccc(S(=O)(=O)N2CCC(c3nn4cnnc4s3)CC2)cc1C. The molecule has 1 fully saturated rings. The van der Waals surface area contributed by atoms with Gasteiger partial charge in [0.2, 0.25) is 15.0 Å². The summed E-state index contributed by atoms with van der Waals surface area (Å²) in [6.07, 6.45) is 3.08. The number of rotatable bonds is 4. The number of piperidine rings is 1. The van der Waals surface area contributed by atoms with Crippen LogP contribution in [0.4, 0.5) is 0 Å².